The maximum atomic E-state index is 11.3. The van der Waals surface area contributed by atoms with Gasteiger partial charge < -0.3 is 0 Å². The summed E-state index contributed by atoms with van der Waals surface area (Å²) in [7, 11) is -3.64. The lowest BCUT2D eigenvalue weighted by molar-refractivity contribution is 0.596. The van der Waals surface area contributed by atoms with Gasteiger partial charge in [-0.05, 0) is 36.6 Å². The van der Waals surface area contributed by atoms with E-state index < -0.39 is 10.0 Å². The molecule has 5 heteroatoms. The Morgan fingerprint density at radius 2 is 2.07 bits per heavy atom. The maximum Gasteiger partial charge on any atom is 0.238 e. The van der Waals surface area contributed by atoms with E-state index in [1.807, 2.05) is 6.92 Å². The number of halogens is 1. The Morgan fingerprint density at radius 1 is 1.40 bits per heavy atom. The number of nitrogens with two attached hydrogens (primary N) is 1. The molecule has 0 bridgehead atoms. The molecule has 1 aromatic carbocycles. The second-order valence-electron chi connectivity index (χ2n) is 3.40. The van der Waals surface area contributed by atoms with Crippen molar-refractivity contribution in [3.05, 3.63) is 28.8 Å². The van der Waals surface area contributed by atoms with Gasteiger partial charge >= 0.3 is 0 Å². The molecule has 84 valence electrons. The first-order valence-electron chi connectivity index (χ1n) is 4.76. The molecule has 0 heterocycles. The van der Waals surface area contributed by atoms with Crippen LogP contribution in [0.15, 0.2) is 23.1 Å². The first-order valence-corrected chi connectivity index (χ1v) is 6.69. The van der Waals surface area contributed by atoms with E-state index in [1.165, 1.54) is 12.1 Å². The fraction of sp³-hybridized carbons (Fsp3) is 0.400. The summed E-state index contributed by atoms with van der Waals surface area (Å²) in [6.07, 6.45) is 2.60. The van der Waals surface area contributed by atoms with Crippen LogP contribution in [-0.4, -0.2) is 8.42 Å². The number of hydrogen-bond donors (Lipinski definition) is 1. The highest BCUT2D eigenvalue weighted by atomic mass is 35.5. The van der Waals surface area contributed by atoms with Crippen molar-refractivity contribution in [3.63, 3.8) is 0 Å². The van der Waals surface area contributed by atoms with Gasteiger partial charge in [0.25, 0.3) is 0 Å². The van der Waals surface area contributed by atoms with Gasteiger partial charge in [0.2, 0.25) is 10.0 Å². The molecule has 1 aromatic rings. The van der Waals surface area contributed by atoms with Gasteiger partial charge in [-0.2, -0.15) is 0 Å². The van der Waals surface area contributed by atoms with Gasteiger partial charge in [0.1, 0.15) is 0 Å². The molecule has 0 aliphatic rings. The Morgan fingerprint density at radius 3 is 2.60 bits per heavy atom. The van der Waals surface area contributed by atoms with Gasteiger partial charge in [0.15, 0.2) is 0 Å². The summed E-state index contributed by atoms with van der Waals surface area (Å²) in [5.74, 6) is 0. The minimum absolute atomic E-state index is 0.181. The van der Waals surface area contributed by atoms with Gasteiger partial charge in [-0.3, -0.25) is 0 Å². The van der Waals surface area contributed by atoms with Crippen LogP contribution in [0.25, 0.3) is 0 Å². The zero-order valence-corrected chi connectivity index (χ0v) is 10.1. The molecule has 1 rings (SSSR count). The number of benzene rings is 1. The molecule has 0 atom stereocenters. The van der Waals surface area contributed by atoms with Crippen LogP contribution in [0.5, 0.6) is 0 Å². The SMILES string of the molecule is CCCCc1cc(Cl)ccc1S(N)(=O)=O. The van der Waals surface area contributed by atoms with Crippen LogP contribution in [0, 0.1) is 0 Å². The lowest BCUT2D eigenvalue weighted by Crippen LogP contribution is -2.14. The monoisotopic (exact) mass is 247 g/mol. The molecular formula is C10H14ClNO2S. The van der Waals surface area contributed by atoms with E-state index in [0.717, 1.165) is 12.8 Å². The van der Waals surface area contributed by atoms with Gasteiger partial charge in [0, 0.05) is 5.02 Å². The Labute approximate surface area is 95.3 Å². The van der Waals surface area contributed by atoms with Crippen molar-refractivity contribution in [3.8, 4) is 0 Å². The van der Waals surface area contributed by atoms with Crippen LogP contribution in [0.4, 0.5) is 0 Å². The molecule has 0 amide bonds. The Hall–Kier alpha value is -0.580. The molecule has 0 saturated heterocycles. The van der Waals surface area contributed by atoms with E-state index in [9.17, 15) is 8.42 Å². The van der Waals surface area contributed by atoms with E-state index in [4.69, 9.17) is 16.7 Å². The summed E-state index contributed by atoms with van der Waals surface area (Å²) >= 11 is 5.81. The minimum Gasteiger partial charge on any atom is -0.225 e. The first-order chi connectivity index (χ1) is 6.95. The predicted octanol–water partition coefficient (Wildman–Crippen LogP) is 2.33. The highest BCUT2D eigenvalue weighted by Gasteiger charge is 2.13. The van der Waals surface area contributed by atoms with E-state index in [0.29, 0.717) is 17.0 Å². The average molecular weight is 248 g/mol. The summed E-state index contributed by atoms with van der Waals surface area (Å²) in [5, 5.41) is 5.64. The standard InChI is InChI=1S/C10H14ClNO2S/c1-2-3-4-8-7-9(11)5-6-10(8)15(12,13)14/h5-7H,2-4H2,1H3,(H2,12,13,14). The largest absolute Gasteiger partial charge is 0.238 e. The smallest absolute Gasteiger partial charge is 0.225 e. The highest BCUT2D eigenvalue weighted by Crippen LogP contribution is 2.21. The molecule has 15 heavy (non-hydrogen) atoms. The van der Waals surface area contributed by atoms with Crippen LogP contribution in [0.1, 0.15) is 25.3 Å². The fourth-order valence-corrected chi connectivity index (χ4v) is 2.37. The third-order valence-corrected chi connectivity index (χ3v) is 3.38. The highest BCUT2D eigenvalue weighted by molar-refractivity contribution is 7.89. The third kappa shape index (κ3) is 3.48. The second-order valence-corrected chi connectivity index (χ2v) is 5.37. The average Bonchev–Trinajstić information content (AvgIpc) is 2.12. The van der Waals surface area contributed by atoms with E-state index in [2.05, 4.69) is 0 Å². The first kappa shape index (κ1) is 12.5. The predicted molar refractivity (Wildman–Crippen MR) is 61.4 cm³/mol. The van der Waals surface area contributed by atoms with Crippen molar-refractivity contribution < 1.29 is 8.42 Å². The quantitative estimate of drug-likeness (QED) is 0.888. The van der Waals surface area contributed by atoms with Gasteiger partial charge in [-0.15, -0.1) is 0 Å². The van der Waals surface area contributed by atoms with Crippen molar-refractivity contribution in [2.75, 3.05) is 0 Å². The molecule has 0 spiro atoms. The molecular weight excluding hydrogens is 234 g/mol. The van der Waals surface area contributed by atoms with E-state index in [1.54, 1.807) is 6.07 Å². The summed E-state index contributed by atoms with van der Waals surface area (Å²) in [4.78, 5) is 0.181. The molecule has 0 radical (unpaired) electrons. The third-order valence-electron chi connectivity index (χ3n) is 2.13. The zero-order valence-electron chi connectivity index (χ0n) is 8.53. The number of rotatable bonds is 4. The van der Waals surface area contributed by atoms with Crippen molar-refractivity contribution in [1.29, 1.82) is 0 Å². The normalized spacial score (nSPS) is 11.7. The molecule has 0 aromatic heterocycles. The Kier molecular flexibility index (Phi) is 4.13. The lowest BCUT2D eigenvalue weighted by Gasteiger charge is -2.07. The van der Waals surface area contributed by atoms with Crippen LogP contribution >= 0.6 is 11.6 Å². The summed E-state index contributed by atoms with van der Waals surface area (Å²) in [5.41, 5.74) is 0.701. The summed E-state index contributed by atoms with van der Waals surface area (Å²) < 4.78 is 22.5. The van der Waals surface area contributed by atoms with E-state index >= 15 is 0 Å². The number of sulfonamides is 1. The van der Waals surface area contributed by atoms with Crippen LogP contribution in [0.3, 0.4) is 0 Å². The number of primary sulfonamides is 1. The Bertz CT molecular complexity index is 443. The maximum absolute atomic E-state index is 11.3. The number of unbranched alkanes of at least 4 members (excludes halogenated alkanes) is 1. The van der Waals surface area contributed by atoms with Crippen molar-refractivity contribution in [1.82, 2.24) is 0 Å². The molecule has 3 nitrogen and oxygen atoms in total. The summed E-state index contributed by atoms with van der Waals surface area (Å²) in [6.45, 7) is 2.04. The molecule has 0 aliphatic heterocycles. The van der Waals surface area contributed by atoms with Crippen molar-refractivity contribution in [2.45, 2.75) is 31.1 Å². The van der Waals surface area contributed by atoms with Crippen LogP contribution in [-0.2, 0) is 16.4 Å². The topological polar surface area (TPSA) is 60.2 Å². The van der Waals surface area contributed by atoms with Gasteiger partial charge in [-0.1, -0.05) is 24.9 Å². The molecule has 0 aliphatic carbocycles. The molecule has 0 saturated carbocycles. The van der Waals surface area contributed by atoms with Crippen molar-refractivity contribution >= 4 is 21.6 Å². The van der Waals surface area contributed by atoms with E-state index in [-0.39, 0.29) is 4.90 Å². The van der Waals surface area contributed by atoms with Crippen molar-refractivity contribution in [2.24, 2.45) is 5.14 Å². The van der Waals surface area contributed by atoms with Gasteiger partial charge in [0.05, 0.1) is 4.90 Å². The lowest BCUT2D eigenvalue weighted by atomic mass is 10.1. The number of aryl methyl sites for hydroxylation is 1. The minimum atomic E-state index is -3.64. The number of hydrogen-bond acceptors (Lipinski definition) is 2. The van der Waals surface area contributed by atoms with Crippen LogP contribution < -0.4 is 5.14 Å². The molecule has 0 fully saturated rings. The van der Waals surface area contributed by atoms with Gasteiger partial charge in [-0.25, -0.2) is 13.6 Å². The van der Waals surface area contributed by atoms with Crippen LogP contribution in [0.2, 0.25) is 5.02 Å². The zero-order chi connectivity index (χ0) is 11.5. The molecule has 2 N–H and O–H groups in total. The Balaban J connectivity index is 3.15. The second kappa shape index (κ2) is 4.96. The summed E-state index contributed by atoms with van der Waals surface area (Å²) in [6, 6.07) is 4.66. The fourth-order valence-electron chi connectivity index (χ4n) is 1.39. The molecule has 0 unspecified atom stereocenters.